The number of thiazole rings is 1. The number of carbonyl (C=O) groups excluding carboxylic acids is 2. The molecular weight excluding hydrogens is 396 g/mol. The van der Waals surface area contributed by atoms with Crippen molar-refractivity contribution in [2.45, 2.75) is 13.3 Å². The molecule has 154 valence electrons. The van der Waals surface area contributed by atoms with E-state index in [4.69, 9.17) is 14.2 Å². The van der Waals surface area contributed by atoms with Gasteiger partial charge in [-0.05, 0) is 19.1 Å². The van der Waals surface area contributed by atoms with Gasteiger partial charge in [-0.3, -0.25) is 9.59 Å². The van der Waals surface area contributed by atoms with E-state index in [9.17, 15) is 9.59 Å². The molecule has 3 N–H and O–H groups in total. The number of fused-ring (bicyclic) bond motifs is 1. The molecule has 0 aliphatic rings. The van der Waals surface area contributed by atoms with Crippen molar-refractivity contribution in [1.29, 1.82) is 0 Å². The molecule has 2 amide bonds. The van der Waals surface area contributed by atoms with E-state index in [1.54, 1.807) is 18.3 Å². The van der Waals surface area contributed by atoms with E-state index in [2.05, 4.69) is 20.6 Å². The lowest BCUT2D eigenvalue weighted by Crippen LogP contribution is -2.27. The van der Waals surface area contributed by atoms with Gasteiger partial charge in [-0.15, -0.1) is 11.3 Å². The first kappa shape index (κ1) is 20.5. The van der Waals surface area contributed by atoms with Gasteiger partial charge in [-0.25, -0.2) is 4.98 Å². The van der Waals surface area contributed by atoms with Crippen molar-refractivity contribution >= 4 is 39.2 Å². The number of hydrogen-bond donors (Lipinski definition) is 3. The number of anilines is 1. The lowest BCUT2D eigenvalue weighted by atomic mass is 10.2. The van der Waals surface area contributed by atoms with Crippen molar-refractivity contribution in [3.63, 3.8) is 0 Å². The molecule has 29 heavy (non-hydrogen) atoms. The summed E-state index contributed by atoms with van der Waals surface area (Å²) in [5.74, 6) is 0.827. The number of aromatic nitrogens is 2. The maximum absolute atomic E-state index is 12.5. The summed E-state index contributed by atoms with van der Waals surface area (Å²) in [6, 6.07) is 3.45. The number of rotatable bonds is 8. The molecule has 0 unspecified atom stereocenters. The minimum Gasteiger partial charge on any atom is -0.493 e. The van der Waals surface area contributed by atoms with Gasteiger partial charge in [0.05, 0.1) is 26.8 Å². The summed E-state index contributed by atoms with van der Waals surface area (Å²) in [6.45, 7) is 2.10. The first-order valence-corrected chi connectivity index (χ1v) is 9.60. The van der Waals surface area contributed by atoms with E-state index in [0.717, 1.165) is 10.3 Å². The van der Waals surface area contributed by atoms with E-state index in [1.807, 2.05) is 6.92 Å². The van der Waals surface area contributed by atoms with Gasteiger partial charge in [0, 0.05) is 29.4 Å². The van der Waals surface area contributed by atoms with Crippen molar-refractivity contribution < 1.29 is 23.8 Å². The molecule has 2 aromatic heterocycles. The highest BCUT2D eigenvalue weighted by Gasteiger charge is 2.20. The van der Waals surface area contributed by atoms with E-state index < -0.39 is 0 Å². The van der Waals surface area contributed by atoms with Crippen LogP contribution < -0.4 is 24.8 Å². The molecule has 9 nitrogen and oxygen atoms in total. The van der Waals surface area contributed by atoms with Crippen LogP contribution in [-0.4, -0.2) is 49.7 Å². The Labute approximate surface area is 171 Å². The predicted molar refractivity (Wildman–Crippen MR) is 110 cm³/mol. The summed E-state index contributed by atoms with van der Waals surface area (Å²) >= 11 is 1.40. The molecule has 0 radical (unpaired) electrons. The zero-order chi connectivity index (χ0) is 21.0. The Morgan fingerprint density at radius 1 is 1.14 bits per heavy atom. The van der Waals surface area contributed by atoms with Gasteiger partial charge in [0.1, 0.15) is 5.69 Å². The lowest BCUT2D eigenvalue weighted by Gasteiger charge is -2.12. The third-order valence-electron chi connectivity index (χ3n) is 4.17. The third kappa shape index (κ3) is 4.43. The van der Waals surface area contributed by atoms with Crippen molar-refractivity contribution in [3.05, 3.63) is 28.9 Å². The second-order valence-electron chi connectivity index (χ2n) is 6.12. The molecule has 0 spiro atoms. The van der Waals surface area contributed by atoms with Crippen LogP contribution >= 0.6 is 11.3 Å². The molecule has 0 fully saturated rings. The monoisotopic (exact) mass is 418 g/mol. The summed E-state index contributed by atoms with van der Waals surface area (Å²) in [4.78, 5) is 32.6. The average Bonchev–Trinajstić information content (AvgIpc) is 3.31. The largest absolute Gasteiger partial charge is 0.493 e. The summed E-state index contributed by atoms with van der Waals surface area (Å²) in [6.07, 6.45) is 1.83. The minimum atomic E-state index is -0.334. The zero-order valence-electron chi connectivity index (χ0n) is 16.5. The van der Waals surface area contributed by atoms with Crippen LogP contribution in [0.2, 0.25) is 0 Å². The molecule has 0 saturated carbocycles. The Bertz CT molecular complexity index is 1040. The fourth-order valence-corrected chi connectivity index (χ4v) is 3.53. The van der Waals surface area contributed by atoms with Crippen molar-refractivity contribution in [3.8, 4) is 17.2 Å². The van der Waals surface area contributed by atoms with Gasteiger partial charge in [0.25, 0.3) is 5.91 Å². The van der Waals surface area contributed by atoms with E-state index in [-0.39, 0.29) is 24.8 Å². The van der Waals surface area contributed by atoms with Gasteiger partial charge < -0.3 is 29.8 Å². The summed E-state index contributed by atoms with van der Waals surface area (Å²) in [5, 5.41) is 6.71. The first-order valence-electron chi connectivity index (χ1n) is 8.79. The van der Waals surface area contributed by atoms with Gasteiger partial charge >= 0.3 is 0 Å². The summed E-state index contributed by atoms with van der Waals surface area (Å²) in [5.41, 5.74) is 0.955. The molecule has 1 aromatic carbocycles. The molecule has 0 atom stereocenters. The van der Waals surface area contributed by atoms with Crippen LogP contribution in [0.15, 0.2) is 18.3 Å². The number of H-pyrrole nitrogens is 1. The number of amides is 2. The molecular formula is C19H22N4O5S. The number of nitrogens with zero attached hydrogens (tertiary/aromatic N) is 1. The molecule has 3 rings (SSSR count). The number of aryl methyl sites for hydroxylation is 1. The van der Waals surface area contributed by atoms with Crippen LogP contribution in [0.4, 0.5) is 5.13 Å². The Morgan fingerprint density at radius 3 is 2.52 bits per heavy atom. The third-order valence-corrected chi connectivity index (χ3v) is 5.00. The van der Waals surface area contributed by atoms with E-state index >= 15 is 0 Å². The molecule has 2 heterocycles. The second kappa shape index (κ2) is 8.82. The number of methoxy groups -OCH3 is 3. The van der Waals surface area contributed by atoms with Crippen LogP contribution in [0.1, 0.15) is 21.8 Å². The predicted octanol–water partition coefficient (Wildman–Crippen LogP) is 2.72. The van der Waals surface area contributed by atoms with Crippen molar-refractivity contribution in [2.24, 2.45) is 0 Å². The number of benzene rings is 1. The number of nitrogens with one attached hydrogen (secondary N) is 3. The van der Waals surface area contributed by atoms with Gasteiger partial charge in [0.15, 0.2) is 16.6 Å². The number of ether oxygens (including phenoxy) is 3. The maximum Gasteiger partial charge on any atom is 0.267 e. The Morgan fingerprint density at radius 2 is 1.90 bits per heavy atom. The average molecular weight is 418 g/mol. The number of hydrogen-bond acceptors (Lipinski definition) is 7. The van der Waals surface area contributed by atoms with E-state index in [1.165, 1.54) is 32.7 Å². The standard InChI is InChI=1S/C19H22N4O5S/c1-10-9-21-19(29-10)23-14(24)5-6-20-18(25)12-7-11-8-13(26-2)16(27-3)17(28-4)15(11)22-12/h7-9,22H,5-6H2,1-4H3,(H,20,25)(H,21,23,24). The van der Waals surface area contributed by atoms with Crippen LogP contribution in [0.5, 0.6) is 17.2 Å². The fourth-order valence-electron chi connectivity index (χ4n) is 2.85. The van der Waals surface area contributed by atoms with Crippen LogP contribution in [0.25, 0.3) is 10.9 Å². The SMILES string of the molecule is COc1cc2cc(C(=O)NCCC(=O)Nc3ncc(C)s3)[nH]c2c(OC)c1OC. The van der Waals surface area contributed by atoms with E-state index in [0.29, 0.717) is 33.6 Å². The molecule has 10 heteroatoms. The minimum absolute atomic E-state index is 0.134. The zero-order valence-corrected chi connectivity index (χ0v) is 17.4. The van der Waals surface area contributed by atoms with Gasteiger partial charge in [-0.2, -0.15) is 0 Å². The van der Waals surface area contributed by atoms with Crippen LogP contribution in [0, 0.1) is 6.92 Å². The molecule has 0 aliphatic heterocycles. The number of aromatic amines is 1. The Kier molecular flexibility index (Phi) is 6.23. The lowest BCUT2D eigenvalue weighted by molar-refractivity contribution is -0.116. The first-order chi connectivity index (χ1) is 14.0. The highest BCUT2D eigenvalue weighted by atomic mass is 32.1. The molecule has 0 aliphatic carbocycles. The van der Waals surface area contributed by atoms with Crippen molar-refractivity contribution in [2.75, 3.05) is 33.2 Å². The summed E-state index contributed by atoms with van der Waals surface area (Å²) < 4.78 is 16.1. The van der Waals surface area contributed by atoms with Gasteiger partial charge in [0.2, 0.25) is 11.7 Å². The van der Waals surface area contributed by atoms with Crippen molar-refractivity contribution in [1.82, 2.24) is 15.3 Å². The maximum atomic E-state index is 12.5. The Hall–Kier alpha value is -3.27. The quantitative estimate of drug-likeness (QED) is 0.518. The van der Waals surface area contributed by atoms with Gasteiger partial charge in [-0.1, -0.05) is 0 Å². The van der Waals surface area contributed by atoms with Crippen LogP contribution in [-0.2, 0) is 4.79 Å². The van der Waals surface area contributed by atoms with Crippen LogP contribution in [0.3, 0.4) is 0 Å². The smallest absolute Gasteiger partial charge is 0.267 e. The summed E-state index contributed by atoms with van der Waals surface area (Å²) in [7, 11) is 4.56. The topological polar surface area (TPSA) is 115 Å². The Balaban J connectivity index is 1.67. The molecule has 0 saturated heterocycles. The molecule has 3 aromatic rings. The molecule has 0 bridgehead atoms. The second-order valence-corrected chi connectivity index (χ2v) is 7.36. The fraction of sp³-hybridized carbons (Fsp3) is 0.316. The highest BCUT2D eigenvalue weighted by molar-refractivity contribution is 7.15. The highest BCUT2D eigenvalue weighted by Crippen LogP contribution is 2.43. The number of carbonyl (C=O) groups is 2. The normalized spacial score (nSPS) is 10.6.